The molecule has 9 nitrogen and oxygen atoms in total. The van der Waals surface area contributed by atoms with Crippen LogP contribution in [0.4, 0.5) is 11.5 Å². The molecule has 2 N–H and O–H groups in total. The van der Waals surface area contributed by atoms with Gasteiger partial charge < -0.3 is 29.5 Å². The van der Waals surface area contributed by atoms with Crippen LogP contribution in [0, 0.1) is 0 Å². The average molecular weight is 422 g/mol. The monoisotopic (exact) mass is 422 g/mol. The predicted octanol–water partition coefficient (Wildman–Crippen LogP) is 4.16. The molecular formula is C22H22N4O5. The minimum atomic E-state index is 0.339. The summed E-state index contributed by atoms with van der Waals surface area (Å²) in [4.78, 5) is 8.67. The molecule has 0 saturated carbocycles. The Kier molecular flexibility index (Phi) is 5.74. The van der Waals surface area contributed by atoms with Gasteiger partial charge in [0.25, 0.3) is 0 Å². The molecule has 0 aliphatic heterocycles. The molecule has 0 saturated heterocycles. The first-order chi connectivity index (χ1) is 15.1. The average Bonchev–Trinajstić information content (AvgIpc) is 3.21. The Balaban J connectivity index is 1.54. The zero-order chi connectivity index (χ0) is 21.8. The summed E-state index contributed by atoms with van der Waals surface area (Å²) in [6.07, 6.45) is 4.64. The van der Waals surface area contributed by atoms with Gasteiger partial charge >= 0.3 is 0 Å². The fourth-order valence-electron chi connectivity index (χ4n) is 3.49. The molecule has 0 atom stereocenters. The topological polar surface area (TPSA) is 107 Å². The van der Waals surface area contributed by atoms with Gasteiger partial charge in [-0.2, -0.15) is 4.98 Å². The molecule has 1 aliphatic carbocycles. The van der Waals surface area contributed by atoms with Crippen molar-refractivity contribution in [1.29, 1.82) is 0 Å². The summed E-state index contributed by atoms with van der Waals surface area (Å²) < 4.78 is 22.0. The first-order valence-electron chi connectivity index (χ1n) is 9.56. The molecular weight excluding hydrogens is 400 g/mol. The van der Waals surface area contributed by atoms with Crippen molar-refractivity contribution in [3.63, 3.8) is 0 Å². The normalized spacial score (nSPS) is 13.6. The summed E-state index contributed by atoms with van der Waals surface area (Å²) in [7, 11) is 4.67. The van der Waals surface area contributed by atoms with Crippen LogP contribution in [0.5, 0.6) is 28.9 Å². The summed E-state index contributed by atoms with van der Waals surface area (Å²) in [6.45, 7) is 0. The summed E-state index contributed by atoms with van der Waals surface area (Å²) in [5.41, 5.74) is 3.40. The van der Waals surface area contributed by atoms with Gasteiger partial charge in [0.05, 0.1) is 39.4 Å². The second-order valence-electron chi connectivity index (χ2n) is 6.75. The van der Waals surface area contributed by atoms with Gasteiger partial charge in [-0.15, -0.1) is 0 Å². The van der Waals surface area contributed by atoms with Crippen LogP contribution in [-0.2, 0) is 6.42 Å². The van der Waals surface area contributed by atoms with Crippen molar-refractivity contribution in [3.8, 4) is 28.9 Å². The predicted molar refractivity (Wildman–Crippen MR) is 115 cm³/mol. The SMILES string of the molecule is COc1cc(Nc2cncc(Oc3ccc4c(c3)CC/C4=N/O)n2)cc(OC)c1OC. The number of rotatable bonds is 7. The Morgan fingerprint density at radius 1 is 0.968 bits per heavy atom. The lowest BCUT2D eigenvalue weighted by molar-refractivity contribution is 0.318. The number of aryl methyl sites for hydroxylation is 1. The maximum Gasteiger partial charge on any atom is 0.239 e. The molecule has 0 unspecified atom stereocenters. The van der Waals surface area contributed by atoms with Crippen LogP contribution in [-0.4, -0.2) is 42.2 Å². The molecule has 4 rings (SSSR count). The highest BCUT2D eigenvalue weighted by Crippen LogP contribution is 2.40. The van der Waals surface area contributed by atoms with E-state index in [1.807, 2.05) is 18.2 Å². The lowest BCUT2D eigenvalue weighted by Crippen LogP contribution is -2.00. The van der Waals surface area contributed by atoms with Crippen LogP contribution in [0.15, 0.2) is 47.9 Å². The Labute approximate surface area is 179 Å². The number of ether oxygens (including phenoxy) is 4. The Morgan fingerprint density at radius 3 is 2.42 bits per heavy atom. The van der Waals surface area contributed by atoms with Crippen LogP contribution >= 0.6 is 0 Å². The number of aromatic nitrogens is 2. The molecule has 0 radical (unpaired) electrons. The van der Waals surface area contributed by atoms with Gasteiger partial charge in [0.1, 0.15) is 5.75 Å². The van der Waals surface area contributed by atoms with Crippen molar-refractivity contribution in [2.24, 2.45) is 5.16 Å². The molecule has 0 bridgehead atoms. The third kappa shape index (κ3) is 4.16. The van der Waals surface area contributed by atoms with Crippen LogP contribution in [0.1, 0.15) is 17.5 Å². The Bertz CT molecular complexity index is 1110. The summed E-state index contributed by atoms with van der Waals surface area (Å²) in [5.74, 6) is 3.01. The van der Waals surface area contributed by atoms with E-state index < -0.39 is 0 Å². The van der Waals surface area contributed by atoms with Crippen molar-refractivity contribution in [3.05, 3.63) is 53.9 Å². The van der Waals surface area contributed by atoms with E-state index in [4.69, 9.17) is 24.2 Å². The molecule has 0 fully saturated rings. The van der Waals surface area contributed by atoms with E-state index >= 15 is 0 Å². The van der Waals surface area contributed by atoms with Crippen LogP contribution in [0.2, 0.25) is 0 Å². The van der Waals surface area contributed by atoms with Crippen molar-refractivity contribution in [2.75, 3.05) is 26.6 Å². The zero-order valence-electron chi connectivity index (χ0n) is 17.4. The van der Waals surface area contributed by atoms with Gasteiger partial charge in [-0.25, -0.2) is 0 Å². The van der Waals surface area contributed by atoms with E-state index in [2.05, 4.69) is 20.4 Å². The van der Waals surface area contributed by atoms with Crippen LogP contribution in [0.25, 0.3) is 0 Å². The van der Waals surface area contributed by atoms with Gasteiger partial charge in [-0.05, 0) is 36.6 Å². The zero-order valence-corrected chi connectivity index (χ0v) is 17.4. The summed E-state index contributed by atoms with van der Waals surface area (Å²) in [6, 6.07) is 9.18. The van der Waals surface area contributed by atoms with Crippen molar-refractivity contribution >= 4 is 17.2 Å². The number of benzene rings is 2. The second kappa shape index (κ2) is 8.78. The molecule has 2 aromatic carbocycles. The molecule has 160 valence electrons. The number of oxime groups is 1. The maximum absolute atomic E-state index is 9.07. The number of nitrogens with one attached hydrogen (secondary N) is 1. The van der Waals surface area contributed by atoms with E-state index in [1.165, 1.54) is 6.20 Å². The fraction of sp³-hybridized carbons (Fsp3) is 0.227. The smallest absolute Gasteiger partial charge is 0.239 e. The molecule has 31 heavy (non-hydrogen) atoms. The largest absolute Gasteiger partial charge is 0.493 e. The van der Waals surface area contributed by atoms with Crippen LogP contribution < -0.4 is 24.3 Å². The van der Waals surface area contributed by atoms with Gasteiger partial charge in [-0.1, -0.05) is 5.16 Å². The van der Waals surface area contributed by atoms with E-state index in [9.17, 15) is 0 Å². The minimum absolute atomic E-state index is 0.339. The third-order valence-corrected chi connectivity index (χ3v) is 4.91. The first kappa shape index (κ1) is 20.3. The molecule has 9 heteroatoms. The highest BCUT2D eigenvalue weighted by molar-refractivity contribution is 6.04. The number of methoxy groups -OCH3 is 3. The number of fused-ring (bicyclic) bond motifs is 1. The molecule has 0 amide bonds. The maximum atomic E-state index is 9.07. The third-order valence-electron chi connectivity index (χ3n) is 4.91. The second-order valence-corrected chi connectivity index (χ2v) is 6.75. The Hall–Kier alpha value is -4.01. The quantitative estimate of drug-likeness (QED) is 0.432. The molecule has 3 aromatic rings. The lowest BCUT2D eigenvalue weighted by atomic mass is 10.1. The molecule has 1 heterocycles. The van der Waals surface area contributed by atoms with Crippen molar-refractivity contribution in [1.82, 2.24) is 9.97 Å². The van der Waals surface area contributed by atoms with Crippen molar-refractivity contribution < 1.29 is 24.2 Å². The van der Waals surface area contributed by atoms with Gasteiger partial charge in [-0.3, -0.25) is 4.98 Å². The minimum Gasteiger partial charge on any atom is -0.493 e. The molecule has 1 aromatic heterocycles. The van der Waals surface area contributed by atoms with E-state index in [-0.39, 0.29) is 0 Å². The first-order valence-corrected chi connectivity index (χ1v) is 9.56. The number of anilines is 2. The number of hydrogen-bond acceptors (Lipinski definition) is 9. The van der Waals surface area contributed by atoms with Crippen LogP contribution in [0.3, 0.4) is 0 Å². The molecule has 0 spiro atoms. The Morgan fingerprint density at radius 2 is 1.74 bits per heavy atom. The van der Waals surface area contributed by atoms with Crippen molar-refractivity contribution in [2.45, 2.75) is 12.8 Å². The summed E-state index contributed by atoms with van der Waals surface area (Å²) in [5, 5.41) is 15.6. The van der Waals surface area contributed by atoms with E-state index in [0.717, 1.165) is 17.5 Å². The number of nitrogens with zero attached hydrogens (tertiary/aromatic N) is 3. The lowest BCUT2D eigenvalue weighted by Gasteiger charge is -2.15. The fourth-order valence-corrected chi connectivity index (χ4v) is 3.49. The number of hydrogen-bond donors (Lipinski definition) is 2. The van der Waals surface area contributed by atoms with E-state index in [1.54, 1.807) is 39.7 Å². The molecule has 1 aliphatic rings. The standard InChI is InChI=1S/C22H22N4O5/c1-28-18-9-14(10-19(29-2)22(18)30-3)24-20-11-23-12-21(25-20)31-15-5-6-16-13(8-15)4-7-17(16)26-27/h5-6,8-12,27H,4,7H2,1-3H3,(H,24,25)/b26-17-. The van der Waals surface area contributed by atoms with Gasteiger partial charge in [0.2, 0.25) is 11.6 Å². The highest BCUT2D eigenvalue weighted by Gasteiger charge is 2.19. The van der Waals surface area contributed by atoms with Gasteiger partial charge in [0.15, 0.2) is 17.3 Å². The highest BCUT2D eigenvalue weighted by atomic mass is 16.5. The summed E-state index contributed by atoms with van der Waals surface area (Å²) >= 11 is 0. The van der Waals surface area contributed by atoms with Gasteiger partial charge in [0, 0.05) is 23.4 Å². The van der Waals surface area contributed by atoms with E-state index in [0.29, 0.717) is 52.5 Å².